The maximum absolute atomic E-state index is 13.5. The molecular formula is C37H29ClN4O5S. The molecule has 0 fully saturated rings. The van der Waals surface area contributed by atoms with Gasteiger partial charge in [0.25, 0.3) is 17.5 Å². The Morgan fingerprint density at radius 3 is 2.04 bits per heavy atom. The number of hydrogen-bond acceptors (Lipinski definition) is 6. The molecule has 1 atom stereocenters. The second kappa shape index (κ2) is 15.7. The van der Waals surface area contributed by atoms with E-state index in [2.05, 4.69) is 16.0 Å². The van der Waals surface area contributed by atoms with Crippen molar-refractivity contribution in [2.75, 3.05) is 10.6 Å². The standard InChI is InChI=1S/C37H29ClN4O5S/c1-24-12-15-29(23-32(24)38)40-37(45)34(26-8-4-2-5-9-26)48-31-20-16-28(17-21-31)39-36(44)33(41-35(43)27-10-6-3-7-11-27)22-25-13-18-30(19-14-25)42(46)47/h2-23,34H,1H3,(H,39,44)(H,40,45)(H,41,43)/b33-22-. The van der Waals surface area contributed by atoms with E-state index in [1.807, 2.05) is 43.3 Å². The van der Waals surface area contributed by atoms with Gasteiger partial charge in [0, 0.05) is 39.0 Å². The third kappa shape index (κ3) is 8.97. The third-order valence-electron chi connectivity index (χ3n) is 7.09. The Hall–Kier alpha value is -5.71. The molecule has 0 saturated carbocycles. The van der Waals surface area contributed by atoms with E-state index in [-0.39, 0.29) is 17.3 Å². The number of carbonyl (C=O) groups excluding carboxylic acids is 3. The molecule has 3 N–H and O–H groups in total. The predicted octanol–water partition coefficient (Wildman–Crippen LogP) is 8.44. The summed E-state index contributed by atoms with van der Waals surface area (Å²) in [5.41, 5.74) is 3.42. The first-order valence-corrected chi connectivity index (χ1v) is 15.9. The second-order valence-corrected chi connectivity index (χ2v) is 12.2. The van der Waals surface area contributed by atoms with E-state index in [0.717, 1.165) is 16.0 Å². The van der Waals surface area contributed by atoms with E-state index in [1.54, 1.807) is 66.7 Å². The number of hydrogen-bond donors (Lipinski definition) is 3. The molecule has 0 heterocycles. The van der Waals surface area contributed by atoms with Gasteiger partial charge in [-0.25, -0.2) is 0 Å². The number of benzene rings is 5. The smallest absolute Gasteiger partial charge is 0.272 e. The molecule has 1 unspecified atom stereocenters. The van der Waals surface area contributed by atoms with Gasteiger partial charge in [-0.3, -0.25) is 24.5 Å². The topological polar surface area (TPSA) is 130 Å². The lowest BCUT2D eigenvalue weighted by Gasteiger charge is -2.18. The number of rotatable bonds is 11. The van der Waals surface area contributed by atoms with Crippen molar-refractivity contribution in [2.24, 2.45) is 0 Å². The van der Waals surface area contributed by atoms with Gasteiger partial charge in [-0.15, -0.1) is 11.8 Å². The monoisotopic (exact) mass is 676 g/mol. The van der Waals surface area contributed by atoms with Gasteiger partial charge in [-0.1, -0.05) is 66.2 Å². The summed E-state index contributed by atoms with van der Waals surface area (Å²) in [6.07, 6.45) is 1.44. The Balaban J connectivity index is 1.33. The average molecular weight is 677 g/mol. The number of amides is 3. The highest BCUT2D eigenvalue weighted by Gasteiger charge is 2.23. The molecule has 0 aromatic heterocycles. The fraction of sp³-hybridized carbons (Fsp3) is 0.0541. The highest BCUT2D eigenvalue weighted by atomic mass is 35.5. The number of halogens is 1. The molecule has 11 heteroatoms. The lowest BCUT2D eigenvalue weighted by molar-refractivity contribution is -0.384. The van der Waals surface area contributed by atoms with Crippen LogP contribution in [0.1, 0.15) is 32.3 Å². The number of non-ortho nitro benzene ring substituents is 1. The molecule has 5 aromatic carbocycles. The summed E-state index contributed by atoms with van der Waals surface area (Å²) in [5.74, 6) is -1.32. The van der Waals surface area contributed by atoms with Gasteiger partial charge < -0.3 is 16.0 Å². The fourth-order valence-corrected chi connectivity index (χ4v) is 5.74. The van der Waals surface area contributed by atoms with Crippen molar-refractivity contribution in [1.82, 2.24) is 5.32 Å². The van der Waals surface area contributed by atoms with E-state index >= 15 is 0 Å². The number of nitro groups is 1. The summed E-state index contributed by atoms with van der Waals surface area (Å²) in [7, 11) is 0. The molecule has 5 rings (SSSR count). The molecule has 0 bridgehead atoms. The lowest BCUT2D eigenvalue weighted by Crippen LogP contribution is -2.30. The van der Waals surface area contributed by atoms with Crippen molar-refractivity contribution in [3.63, 3.8) is 0 Å². The molecule has 0 aliphatic heterocycles. The number of thioether (sulfide) groups is 1. The first-order valence-electron chi connectivity index (χ1n) is 14.7. The first kappa shape index (κ1) is 33.6. The molecule has 240 valence electrons. The van der Waals surface area contributed by atoms with Crippen LogP contribution in [0.3, 0.4) is 0 Å². The zero-order valence-electron chi connectivity index (χ0n) is 25.6. The maximum Gasteiger partial charge on any atom is 0.272 e. The molecule has 0 saturated heterocycles. The molecule has 0 spiro atoms. The summed E-state index contributed by atoms with van der Waals surface area (Å²) in [5, 5.41) is 19.5. The summed E-state index contributed by atoms with van der Waals surface area (Å²) in [4.78, 5) is 51.2. The van der Waals surface area contributed by atoms with Crippen molar-refractivity contribution in [2.45, 2.75) is 17.1 Å². The Morgan fingerprint density at radius 1 is 0.792 bits per heavy atom. The van der Waals surface area contributed by atoms with Crippen molar-refractivity contribution in [1.29, 1.82) is 0 Å². The van der Waals surface area contributed by atoms with Crippen LogP contribution >= 0.6 is 23.4 Å². The quantitative estimate of drug-likeness (QED) is 0.0557. The largest absolute Gasteiger partial charge is 0.325 e. The van der Waals surface area contributed by atoms with E-state index < -0.39 is 22.0 Å². The van der Waals surface area contributed by atoms with E-state index in [4.69, 9.17) is 11.6 Å². The summed E-state index contributed by atoms with van der Waals surface area (Å²) in [6.45, 7) is 1.89. The van der Waals surface area contributed by atoms with Gasteiger partial charge in [0.1, 0.15) is 10.9 Å². The van der Waals surface area contributed by atoms with Crippen molar-refractivity contribution in [3.05, 3.63) is 170 Å². The van der Waals surface area contributed by atoms with Gasteiger partial charge in [-0.2, -0.15) is 0 Å². The molecule has 48 heavy (non-hydrogen) atoms. The Labute approximate surface area is 286 Å². The zero-order valence-corrected chi connectivity index (χ0v) is 27.1. The van der Waals surface area contributed by atoms with Crippen LogP contribution in [0, 0.1) is 17.0 Å². The fourth-order valence-electron chi connectivity index (χ4n) is 4.53. The minimum absolute atomic E-state index is 0.0619. The van der Waals surface area contributed by atoms with Crippen LogP contribution in [0.2, 0.25) is 5.02 Å². The molecule has 0 aliphatic carbocycles. The van der Waals surface area contributed by atoms with Crippen molar-refractivity contribution in [3.8, 4) is 0 Å². The van der Waals surface area contributed by atoms with Crippen LogP contribution < -0.4 is 16.0 Å². The Bertz CT molecular complexity index is 1970. The molecule has 0 radical (unpaired) electrons. The van der Waals surface area contributed by atoms with Gasteiger partial charge in [-0.05, 0) is 90.4 Å². The number of nitrogens with one attached hydrogen (secondary N) is 3. The minimum Gasteiger partial charge on any atom is -0.325 e. The number of nitrogens with zero attached hydrogens (tertiary/aromatic N) is 1. The zero-order chi connectivity index (χ0) is 34.0. The number of carbonyl (C=O) groups is 3. The summed E-state index contributed by atoms with van der Waals surface area (Å²) < 4.78 is 0. The predicted molar refractivity (Wildman–Crippen MR) is 190 cm³/mol. The highest BCUT2D eigenvalue weighted by molar-refractivity contribution is 8.00. The van der Waals surface area contributed by atoms with Crippen molar-refractivity contribution >= 4 is 64.2 Å². The van der Waals surface area contributed by atoms with Crippen LogP contribution in [-0.4, -0.2) is 22.6 Å². The molecule has 9 nitrogen and oxygen atoms in total. The summed E-state index contributed by atoms with van der Waals surface area (Å²) >= 11 is 7.62. The molecule has 0 aliphatic rings. The van der Waals surface area contributed by atoms with E-state index in [9.17, 15) is 24.5 Å². The highest BCUT2D eigenvalue weighted by Crippen LogP contribution is 2.37. The SMILES string of the molecule is Cc1ccc(NC(=O)C(Sc2ccc(NC(=O)/C(=C/c3ccc([N+](=O)[O-])cc3)NC(=O)c3ccccc3)cc2)c2ccccc2)cc1Cl. The molecule has 5 aromatic rings. The lowest BCUT2D eigenvalue weighted by atomic mass is 10.1. The third-order valence-corrected chi connectivity index (χ3v) is 8.76. The number of nitro benzene ring substituents is 1. The Morgan fingerprint density at radius 2 is 1.42 bits per heavy atom. The summed E-state index contributed by atoms with van der Waals surface area (Å²) in [6, 6.07) is 35.7. The van der Waals surface area contributed by atoms with Crippen LogP contribution in [-0.2, 0) is 9.59 Å². The molecular weight excluding hydrogens is 648 g/mol. The van der Waals surface area contributed by atoms with Crippen LogP contribution in [0.25, 0.3) is 6.08 Å². The maximum atomic E-state index is 13.5. The number of aryl methyl sites for hydroxylation is 1. The van der Waals surface area contributed by atoms with Crippen molar-refractivity contribution < 1.29 is 19.3 Å². The average Bonchev–Trinajstić information content (AvgIpc) is 3.10. The van der Waals surface area contributed by atoms with E-state index in [0.29, 0.717) is 27.5 Å². The first-order chi connectivity index (χ1) is 23.2. The van der Waals surface area contributed by atoms with Gasteiger partial charge >= 0.3 is 0 Å². The van der Waals surface area contributed by atoms with Crippen LogP contribution in [0.15, 0.2) is 138 Å². The van der Waals surface area contributed by atoms with Gasteiger partial charge in [0.2, 0.25) is 5.91 Å². The van der Waals surface area contributed by atoms with Gasteiger partial charge in [0.15, 0.2) is 0 Å². The van der Waals surface area contributed by atoms with Gasteiger partial charge in [0.05, 0.1) is 4.92 Å². The normalized spacial score (nSPS) is 11.7. The molecule has 3 amide bonds. The second-order valence-electron chi connectivity index (χ2n) is 10.6. The van der Waals surface area contributed by atoms with Crippen LogP contribution in [0.4, 0.5) is 17.1 Å². The van der Waals surface area contributed by atoms with E-state index in [1.165, 1.54) is 42.1 Å². The minimum atomic E-state index is -0.601. The number of anilines is 2. The van der Waals surface area contributed by atoms with Crippen LogP contribution in [0.5, 0.6) is 0 Å². The Kier molecular flexibility index (Phi) is 11.0.